The van der Waals surface area contributed by atoms with Crippen LogP contribution in [0.15, 0.2) is 24.4 Å². The third-order valence-electron chi connectivity index (χ3n) is 2.98. The summed E-state index contributed by atoms with van der Waals surface area (Å²) in [5.41, 5.74) is 0.314. The lowest BCUT2D eigenvalue weighted by atomic mass is 10.3. The highest BCUT2D eigenvalue weighted by atomic mass is 35.5. The second kappa shape index (κ2) is 7.43. The zero-order valence-corrected chi connectivity index (χ0v) is 17.0. The molecular formula is C13H15Cl2N5O4S2. The summed E-state index contributed by atoms with van der Waals surface area (Å²) in [7, 11) is -6.77. The first kappa shape index (κ1) is 20.5. The Bertz CT molecular complexity index is 1010. The van der Waals surface area contributed by atoms with Crippen LogP contribution >= 0.6 is 23.2 Å². The molecule has 0 saturated carbocycles. The van der Waals surface area contributed by atoms with Gasteiger partial charge in [0.15, 0.2) is 5.82 Å². The molecule has 0 fully saturated rings. The first-order valence-corrected chi connectivity index (χ1v) is 11.4. The van der Waals surface area contributed by atoms with Gasteiger partial charge in [-0.1, -0.05) is 23.2 Å². The molecule has 13 heteroatoms. The molecule has 0 saturated heterocycles. The quantitative estimate of drug-likeness (QED) is 0.702. The van der Waals surface area contributed by atoms with Gasteiger partial charge >= 0.3 is 0 Å². The predicted octanol–water partition coefficient (Wildman–Crippen LogP) is 2.29. The zero-order valence-electron chi connectivity index (χ0n) is 13.9. The molecule has 0 aliphatic heterocycles. The summed E-state index contributed by atoms with van der Waals surface area (Å²) in [6.07, 6.45) is 2.63. The van der Waals surface area contributed by atoms with Gasteiger partial charge in [0.25, 0.3) is 0 Å². The molecule has 2 N–H and O–H groups in total. The monoisotopic (exact) mass is 439 g/mol. The maximum absolute atomic E-state index is 11.9. The maximum atomic E-state index is 11.9. The molecule has 0 radical (unpaired) electrons. The molecule has 1 heterocycles. The van der Waals surface area contributed by atoms with E-state index in [0.717, 1.165) is 18.7 Å². The minimum Gasteiger partial charge on any atom is -0.371 e. The summed E-state index contributed by atoms with van der Waals surface area (Å²) in [6, 6.07) is 4.78. The molecule has 9 nitrogen and oxygen atoms in total. The van der Waals surface area contributed by atoms with Crippen molar-refractivity contribution in [1.82, 2.24) is 9.97 Å². The van der Waals surface area contributed by atoms with Crippen LogP contribution in [0.1, 0.15) is 0 Å². The lowest BCUT2D eigenvalue weighted by Gasteiger charge is -2.21. The Morgan fingerprint density at radius 2 is 1.65 bits per heavy atom. The van der Waals surface area contributed by atoms with Crippen LogP contribution in [0.3, 0.4) is 0 Å². The van der Waals surface area contributed by atoms with E-state index in [9.17, 15) is 16.8 Å². The van der Waals surface area contributed by atoms with Crippen LogP contribution in [0.2, 0.25) is 10.0 Å². The summed E-state index contributed by atoms with van der Waals surface area (Å²) in [5, 5.41) is 6.22. The van der Waals surface area contributed by atoms with Crippen LogP contribution in [0.5, 0.6) is 0 Å². The fourth-order valence-corrected chi connectivity index (χ4v) is 5.31. The van der Waals surface area contributed by atoms with E-state index in [1.807, 2.05) is 0 Å². The van der Waals surface area contributed by atoms with Crippen molar-refractivity contribution in [3.05, 3.63) is 34.4 Å². The van der Waals surface area contributed by atoms with E-state index in [0.29, 0.717) is 15.7 Å². The number of rotatable bonds is 6. The number of nitrogens with zero attached hydrogens (tertiary/aromatic N) is 3. The molecule has 0 amide bonds. The van der Waals surface area contributed by atoms with Crippen molar-refractivity contribution in [1.29, 1.82) is 0 Å². The molecule has 0 aliphatic carbocycles. The number of aromatic nitrogens is 2. The first-order valence-electron chi connectivity index (χ1n) is 6.91. The van der Waals surface area contributed by atoms with Crippen LogP contribution in [-0.2, 0) is 20.0 Å². The Hall–Kier alpha value is -1.82. The van der Waals surface area contributed by atoms with Crippen molar-refractivity contribution in [3.8, 4) is 0 Å². The highest BCUT2D eigenvalue weighted by Crippen LogP contribution is 2.30. The summed E-state index contributed by atoms with van der Waals surface area (Å²) >= 11 is 11.8. The molecule has 1 aromatic carbocycles. The molecule has 1 aromatic heterocycles. The van der Waals surface area contributed by atoms with Crippen LogP contribution in [-0.4, -0.2) is 46.4 Å². The van der Waals surface area contributed by atoms with E-state index in [-0.39, 0.29) is 21.2 Å². The second-order valence-corrected chi connectivity index (χ2v) is 9.86. The Morgan fingerprint density at radius 1 is 1.04 bits per heavy atom. The van der Waals surface area contributed by atoms with E-state index in [1.165, 1.54) is 7.05 Å². The third-order valence-corrected chi connectivity index (χ3v) is 6.94. The van der Waals surface area contributed by atoms with Crippen molar-refractivity contribution >= 4 is 66.4 Å². The SMILES string of the molecule is CNc1nc(Nc2ccc(Cl)c(Cl)c2)ncc1N(S(C)(=O)=O)S(C)(=O)=O. The van der Waals surface area contributed by atoms with Gasteiger partial charge in [0.05, 0.1) is 28.8 Å². The van der Waals surface area contributed by atoms with Crippen LogP contribution in [0.4, 0.5) is 23.1 Å². The molecule has 142 valence electrons. The van der Waals surface area contributed by atoms with Gasteiger partial charge in [-0.3, -0.25) is 0 Å². The van der Waals surface area contributed by atoms with E-state index in [4.69, 9.17) is 23.2 Å². The Labute approximate surface area is 161 Å². The normalized spacial score (nSPS) is 11.9. The Morgan fingerprint density at radius 3 is 2.15 bits per heavy atom. The smallest absolute Gasteiger partial charge is 0.245 e. The fourth-order valence-electron chi connectivity index (χ4n) is 2.06. The molecule has 0 bridgehead atoms. The van der Waals surface area contributed by atoms with Crippen molar-refractivity contribution in [3.63, 3.8) is 0 Å². The lowest BCUT2D eigenvalue weighted by molar-refractivity contribution is 0.590. The minimum absolute atomic E-state index is 0.00147. The number of anilines is 4. The van der Waals surface area contributed by atoms with E-state index in [2.05, 4.69) is 20.6 Å². The van der Waals surface area contributed by atoms with Crippen molar-refractivity contribution in [2.75, 3.05) is 33.9 Å². The van der Waals surface area contributed by atoms with Crippen LogP contribution < -0.4 is 14.3 Å². The first-order chi connectivity index (χ1) is 11.9. The van der Waals surface area contributed by atoms with Gasteiger partial charge in [0, 0.05) is 12.7 Å². The van der Waals surface area contributed by atoms with Gasteiger partial charge in [-0.2, -0.15) is 8.69 Å². The van der Waals surface area contributed by atoms with E-state index in [1.54, 1.807) is 18.2 Å². The summed E-state index contributed by atoms with van der Waals surface area (Å²) < 4.78 is 47.9. The van der Waals surface area contributed by atoms with Crippen LogP contribution in [0.25, 0.3) is 0 Å². The second-order valence-electron chi connectivity index (χ2n) is 5.15. The number of hydrogen-bond donors (Lipinski definition) is 2. The lowest BCUT2D eigenvalue weighted by Crippen LogP contribution is -2.36. The minimum atomic E-state index is -4.12. The Kier molecular flexibility index (Phi) is 5.85. The molecule has 0 unspecified atom stereocenters. The number of halogens is 2. The standard InChI is InChI=1S/C13H15Cl2N5O4S2/c1-16-12-11(20(25(2,21)22)26(3,23)24)7-17-13(19-12)18-8-4-5-9(14)10(15)6-8/h4-7H,1-3H3,(H2,16,17,18,19). The van der Waals surface area contributed by atoms with E-state index >= 15 is 0 Å². The average molecular weight is 440 g/mol. The fraction of sp³-hybridized carbons (Fsp3) is 0.231. The Balaban J connectivity index is 2.48. The number of benzene rings is 1. The third kappa shape index (κ3) is 4.67. The highest BCUT2D eigenvalue weighted by Gasteiger charge is 2.30. The number of nitrogens with one attached hydrogen (secondary N) is 2. The maximum Gasteiger partial charge on any atom is 0.245 e. The molecule has 26 heavy (non-hydrogen) atoms. The summed E-state index contributed by atoms with van der Waals surface area (Å²) in [4.78, 5) is 8.08. The zero-order chi connectivity index (χ0) is 19.7. The predicted molar refractivity (Wildman–Crippen MR) is 103 cm³/mol. The van der Waals surface area contributed by atoms with Gasteiger partial charge in [0.2, 0.25) is 26.0 Å². The highest BCUT2D eigenvalue weighted by molar-refractivity contribution is 8.09. The van der Waals surface area contributed by atoms with Gasteiger partial charge in [-0.05, 0) is 18.2 Å². The molecule has 2 rings (SSSR count). The topological polar surface area (TPSA) is 121 Å². The summed E-state index contributed by atoms with van der Waals surface area (Å²) in [5.74, 6) is 0.0943. The van der Waals surface area contributed by atoms with Gasteiger partial charge in [-0.15, -0.1) is 0 Å². The average Bonchev–Trinajstić information content (AvgIpc) is 2.49. The van der Waals surface area contributed by atoms with Crippen molar-refractivity contribution in [2.24, 2.45) is 0 Å². The molecule has 0 spiro atoms. The van der Waals surface area contributed by atoms with Gasteiger partial charge in [-0.25, -0.2) is 21.8 Å². The summed E-state index contributed by atoms with van der Waals surface area (Å²) in [6.45, 7) is 0. The van der Waals surface area contributed by atoms with Crippen LogP contribution in [0, 0.1) is 0 Å². The van der Waals surface area contributed by atoms with Gasteiger partial charge in [0.1, 0.15) is 5.69 Å². The molecule has 0 atom stereocenters. The van der Waals surface area contributed by atoms with E-state index < -0.39 is 20.0 Å². The molecule has 0 aliphatic rings. The number of sulfonamides is 2. The largest absolute Gasteiger partial charge is 0.371 e. The van der Waals surface area contributed by atoms with Gasteiger partial charge < -0.3 is 10.6 Å². The number of hydrogen-bond acceptors (Lipinski definition) is 8. The van der Waals surface area contributed by atoms with Crippen molar-refractivity contribution < 1.29 is 16.8 Å². The molecule has 2 aromatic rings. The van der Waals surface area contributed by atoms with Crippen molar-refractivity contribution in [2.45, 2.75) is 0 Å². The molecular weight excluding hydrogens is 425 g/mol.